The summed E-state index contributed by atoms with van der Waals surface area (Å²) in [5, 5.41) is 0. The molecule has 4 heteroatoms. The van der Waals surface area contributed by atoms with Crippen LogP contribution in [0.3, 0.4) is 0 Å². The molecule has 6 atom stereocenters. The van der Waals surface area contributed by atoms with Crippen molar-refractivity contribution in [3.8, 4) is 0 Å². The van der Waals surface area contributed by atoms with Crippen LogP contribution in [-0.4, -0.2) is 48.8 Å². The van der Waals surface area contributed by atoms with Gasteiger partial charge in [-0.25, -0.2) is 0 Å². The average Bonchev–Trinajstić information content (AvgIpc) is 3.28. The highest BCUT2D eigenvalue weighted by molar-refractivity contribution is 5.75. The number of piperidine rings is 1. The number of fused-ring (bicyclic) bond motifs is 3. The maximum absolute atomic E-state index is 12.7. The van der Waals surface area contributed by atoms with E-state index in [9.17, 15) is 4.79 Å². The molecule has 0 radical (unpaired) electrons. The first-order valence-electron chi connectivity index (χ1n) is 10.6. The summed E-state index contributed by atoms with van der Waals surface area (Å²) < 4.78 is 11.9. The number of epoxide rings is 1. The highest BCUT2D eigenvalue weighted by Gasteiger charge is 2.65. The Hall–Kier alpha value is -0.610. The Balaban J connectivity index is 1.33. The largest absolute Gasteiger partial charge is 0.462 e. The normalized spacial score (nSPS) is 50.4. The molecule has 1 unspecified atom stereocenters. The number of carbonyl (C=O) groups is 1. The summed E-state index contributed by atoms with van der Waals surface area (Å²) in [6.07, 6.45) is 8.69. The van der Waals surface area contributed by atoms with Gasteiger partial charge >= 0.3 is 5.97 Å². The molecule has 0 aromatic carbocycles. The van der Waals surface area contributed by atoms with Crippen molar-refractivity contribution in [1.82, 2.24) is 4.90 Å². The Kier molecular flexibility index (Phi) is 3.77. The molecule has 5 fully saturated rings. The van der Waals surface area contributed by atoms with E-state index in [-0.39, 0.29) is 23.6 Å². The molecule has 1 spiro atoms. The SMILES string of the molecule is CC1CCN(CC2C(=O)O[C@@H]3C[C@@]4(C)CCC[C@]5(CO5)[C@@H]4C[C@H]23)CC1. The standard InChI is InChI=1S/C21H33NO3/c1-14-4-8-22(9-5-14)12-16-15-10-18-20(2,11-17(15)25-19(16)23)6-3-7-21(18)13-24-21/h14-18H,3-13H2,1-2H3/t15-,16?,17-,18-,20-,21+/m1/s1. The lowest BCUT2D eigenvalue weighted by molar-refractivity contribution is -0.147. The van der Waals surface area contributed by atoms with Crippen LogP contribution >= 0.6 is 0 Å². The number of ether oxygens (including phenoxy) is 2. The fraction of sp³-hybridized carbons (Fsp3) is 0.952. The lowest BCUT2D eigenvalue weighted by Crippen LogP contribution is -2.51. The lowest BCUT2D eigenvalue weighted by Gasteiger charge is -2.51. The molecule has 0 aromatic rings. The third kappa shape index (κ3) is 2.66. The van der Waals surface area contributed by atoms with Gasteiger partial charge in [-0.2, -0.15) is 0 Å². The second-order valence-electron chi connectivity index (χ2n) is 10.1. The van der Waals surface area contributed by atoms with E-state index in [1.54, 1.807) is 0 Å². The van der Waals surface area contributed by atoms with Gasteiger partial charge in [0.2, 0.25) is 0 Å². The van der Waals surface area contributed by atoms with Crippen LogP contribution in [0.25, 0.3) is 0 Å². The highest BCUT2D eigenvalue weighted by Crippen LogP contribution is 2.62. The van der Waals surface area contributed by atoms with Crippen LogP contribution in [0, 0.1) is 29.1 Å². The zero-order valence-corrected chi connectivity index (χ0v) is 15.8. The van der Waals surface area contributed by atoms with Crippen LogP contribution in [0.4, 0.5) is 0 Å². The van der Waals surface area contributed by atoms with Gasteiger partial charge in [0.15, 0.2) is 0 Å². The Morgan fingerprint density at radius 3 is 2.72 bits per heavy atom. The van der Waals surface area contributed by atoms with Crippen molar-refractivity contribution in [3.63, 3.8) is 0 Å². The van der Waals surface area contributed by atoms with Crippen molar-refractivity contribution in [2.45, 2.75) is 70.5 Å². The minimum Gasteiger partial charge on any atom is -0.462 e. The summed E-state index contributed by atoms with van der Waals surface area (Å²) >= 11 is 0. The van der Waals surface area contributed by atoms with E-state index in [4.69, 9.17) is 9.47 Å². The maximum atomic E-state index is 12.7. The molecule has 25 heavy (non-hydrogen) atoms. The van der Waals surface area contributed by atoms with Crippen molar-refractivity contribution < 1.29 is 14.3 Å². The number of likely N-dealkylation sites (tertiary alicyclic amines) is 1. The van der Waals surface area contributed by atoms with Gasteiger partial charge in [-0.15, -0.1) is 0 Å². The van der Waals surface area contributed by atoms with Crippen molar-refractivity contribution in [1.29, 1.82) is 0 Å². The van der Waals surface area contributed by atoms with E-state index < -0.39 is 0 Å². The van der Waals surface area contributed by atoms with Gasteiger partial charge in [0.25, 0.3) is 0 Å². The van der Waals surface area contributed by atoms with E-state index in [0.29, 0.717) is 17.3 Å². The first-order valence-corrected chi connectivity index (χ1v) is 10.6. The zero-order chi connectivity index (χ0) is 17.2. The number of esters is 1. The van der Waals surface area contributed by atoms with Gasteiger partial charge in [0.05, 0.1) is 18.1 Å². The molecule has 0 amide bonds. The van der Waals surface area contributed by atoms with Crippen molar-refractivity contribution in [2.75, 3.05) is 26.2 Å². The summed E-state index contributed by atoms with van der Waals surface area (Å²) in [4.78, 5) is 15.2. The smallest absolute Gasteiger partial charge is 0.310 e. The van der Waals surface area contributed by atoms with Crippen LogP contribution in [-0.2, 0) is 14.3 Å². The summed E-state index contributed by atoms with van der Waals surface area (Å²) in [6.45, 7) is 8.95. The van der Waals surface area contributed by atoms with E-state index in [0.717, 1.165) is 45.0 Å². The Morgan fingerprint density at radius 1 is 1.24 bits per heavy atom. The van der Waals surface area contributed by atoms with Crippen LogP contribution in [0.15, 0.2) is 0 Å². The summed E-state index contributed by atoms with van der Waals surface area (Å²) in [6, 6.07) is 0. The Bertz CT molecular complexity index is 551. The molecule has 2 saturated carbocycles. The summed E-state index contributed by atoms with van der Waals surface area (Å²) in [7, 11) is 0. The monoisotopic (exact) mass is 347 g/mol. The van der Waals surface area contributed by atoms with Gasteiger partial charge < -0.3 is 14.4 Å². The predicted octanol–water partition coefficient (Wildman–Crippen LogP) is 3.25. The molecule has 3 heterocycles. The second-order valence-corrected chi connectivity index (χ2v) is 10.1. The van der Waals surface area contributed by atoms with Gasteiger partial charge in [-0.3, -0.25) is 4.79 Å². The Morgan fingerprint density at radius 2 is 2.00 bits per heavy atom. The van der Waals surface area contributed by atoms with Gasteiger partial charge in [-0.1, -0.05) is 13.8 Å². The fourth-order valence-electron chi connectivity index (χ4n) is 6.69. The maximum Gasteiger partial charge on any atom is 0.310 e. The van der Waals surface area contributed by atoms with Gasteiger partial charge in [-0.05, 0) is 75.3 Å². The molecule has 3 aliphatic heterocycles. The first-order chi connectivity index (χ1) is 12.0. The molecule has 3 saturated heterocycles. The van der Waals surface area contributed by atoms with Crippen LogP contribution in [0.2, 0.25) is 0 Å². The van der Waals surface area contributed by atoms with Crippen LogP contribution < -0.4 is 0 Å². The molecule has 4 nitrogen and oxygen atoms in total. The molecule has 2 aliphatic carbocycles. The lowest BCUT2D eigenvalue weighted by atomic mass is 9.53. The number of carbonyl (C=O) groups excluding carboxylic acids is 1. The van der Waals surface area contributed by atoms with E-state index in [2.05, 4.69) is 18.7 Å². The number of nitrogens with zero attached hydrogens (tertiary/aromatic N) is 1. The second kappa shape index (κ2) is 5.69. The average molecular weight is 347 g/mol. The fourth-order valence-corrected chi connectivity index (χ4v) is 6.69. The molecule has 0 N–H and O–H groups in total. The highest BCUT2D eigenvalue weighted by atomic mass is 16.6. The van der Waals surface area contributed by atoms with Crippen molar-refractivity contribution in [2.24, 2.45) is 29.1 Å². The number of rotatable bonds is 2. The molecule has 0 bridgehead atoms. The molecule has 140 valence electrons. The van der Waals surface area contributed by atoms with Crippen LogP contribution in [0.5, 0.6) is 0 Å². The predicted molar refractivity (Wildman–Crippen MR) is 95.1 cm³/mol. The third-order valence-corrected chi connectivity index (χ3v) is 8.41. The zero-order valence-electron chi connectivity index (χ0n) is 15.8. The van der Waals surface area contributed by atoms with Gasteiger partial charge in [0, 0.05) is 12.5 Å². The minimum atomic E-state index is 0.0848. The Labute approximate surface area is 151 Å². The summed E-state index contributed by atoms with van der Waals surface area (Å²) in [5.41, 5.74) is 0.473. The van der Waals surface area contributed by atoms with E-state index in [1.165, 1.54) is 32.1 Å². The van der Waals surface area contributed by atoms with Crippen molar-refractivity contribution >= 4 is 5.97 Å². The molecular weight excluding hydrogens is 314 g/mol. The first kappa shape index (κ1) is 16.6. The molecule has 0 aromatic heterocycles. The molecule has 5 rings (SSSR count). The topological polar surface area (TPSA) is 42.1 Å². The van der Waals surface area contributed by atoms with Crippen molar-refractivity contribution in [3.05, 3.63) is 0 Å². The number of hydrogen-bond donors (Lipinski definition) is 0. The van der Waals surface area contributed by atoms with E-state index in [1.807, 2.05) is 0 Å². The minimum absolute atomic E-state index is 0.0848. The number of hydrogen-bond acceptors (Lipinski definition) is 4. The van der Waals surface area contributed by atoms with Crippen LogP contribution in [0.1, 0.15) is 58.8 Å². The third-order valence-electron chi connectivity index (χ3n) is 8.41. The molecular formula is C21H33NO3. The molecule has 5 aliphatic rings. The summed E-state index contributed by atoms with van der Waals surface area (Å²) in [5.74, 6) is 2.07. The van der Waals surface area contributed by atoms with Gasteiger partial charge in [0.1, 0.15) is 6.10 Å². The van der Waals surface area contributed by atoms with E-state index >= 15 is 0 Å². The quantitative estimate of drug-likeness (QED) is 0.568.